The van der Waals surface area contributed by atoms with Crippen molar-refractivity contribution in [1.29, 1.82) is 0 Å². The van der Waals surface area contributed by atoms with Crippen LogP contribution in [0.1, 0.15) is 76.8 Å². The van der Waals surface area contributed by atoms with Crippen LogP contribution in [0.25, 0.3) is 21.6 Å². The number of nitrogens with zero attached hydrogens (tertiary/aromatic N) is 3. The number of allylic oxidation sites excluding steroid dienone is 1. The minimum Gasteiger partial charge on any atom is -0.497 e. The summed E-state index contributed by atoms with van der Waals surface area (Å²) in [4.78, 5) is 52.3. The summed E-state index contributed by atoms with van der Waals surface area (Å²) in [5.74, 6) is -0.307. The van der Waals surface area contributed by atoms with Gasteiger partial charge in [0.2, 0.25) is 15.9 Å². The molecule has 51 heavy (non-hydrogen) atoms. The number of thiazole rings is 1. The van der Waals surface area contributed by atoms with Gasteiger partial charge < -0.3 is 25.0 Å². The van der Waals surface area contributed by atoms with E-state index in [1.54, 1.807) is 13.2 Å². The number of methoxy groups -OCH3 is 1. The maximum atomic E-state index is 14.1. The van der Waals surface area contributed by atoms with Gasteiger partial charge in [-0.15, -0.1) is 11.3 Å². The highest BCUT2D eigenvalue weighted by Gasteiger charge is 2.62. The Balaban J connectivity index is 1.15. The summed E-state index contributed by atoms with van der Waals surface area (Å²) in [5.41, 5.74) is 0.964. The fourth-order valence-corrected chi connectivity index (χ4v) is 9.12. The molecule has 2 aromatic heterocycles. The third kappa shape index (κ3) is 7.41. The van der Waals surface area contributed by atoms with E-state index >= 15 is 0 Å². The number of sulfonamides is 1. The number of hydrogen-bond acceptors (Lipinski definition) is 10. The Kier molecular flexibility index (Phi) is 9.69. The van der Waals surface area contributed by atoms with Crippen molar-refractivity contribution in [2.45, 2.75) is 94.1 Å². The lowest BCUT2D eigenvalue weighted by atomic mass is 10.1. The molecule has 2 aliphatic heterocycles. The van der Waals surface area contributed by atoms with Crippen LogP contribution < -0.4 is 24.8 Å². The largest absolute Gasteiger partial charge is 0.497 e. The van der Waals surface area contributed by atoms with Gasteiger partial charge in [0.1, 0.15) is 34.2 Å². The lowest BCUT2D eigenvalue weighted by Gasteiger charge is -2.26. The number of ether oxygens (including phenoxy) is 2. The highest BCUT2D eigenvalue weighted by molar-refractivity contribution is 7.91. The zero-order valence-corrected chi connectivity index (χ0v) is 30.6. The molecule has 7 rings (SSSR count). The van der Waals surface area contributed by atoms with Gasteiger partial charge in [-0.2, -0.15) is 0 Å². The quantitative estimate of drug-likeness (QED) is 0.279. The fraction of sp³-hybridized carbons (Fsp3) is 0.528. The first-order chi connectivity index (χ1) is 24.5. The zero-order valence-electron chi connectivity index (χ0n) is 29.0. The smallest absolute Gasteiger partial charge is 0.318 e. The van der Waals surface area contributed by atoms with Crippen LogP contribution in [0.2, 0.25) is 0 Å². The minimum absolute atomic E-state index is 0.115. The van der Waals surface area contributed by atoms with Gasteiger partial charge in [0.15, 0.2) is 0 Å². The Morgan fingerprint density at radius 1 is 1.14 bits per heavy atom. The number of rotatable bonds is 8. The molecule has 0 radical (unpaired) electrons. The maximum Gasteiger partial charge on any atom is 0.318 e. The summed E-state index contributed by atoms with van der Waals surface area (Å²) < 4.78 is 39.8. The molecule has 2 aliphatic carbocycles. The average Bonchev–Trinajstić information content (AvgIpc) is 3.97. The van der Waals surface area contributed by atoms with Crippen LogP contribution in [0.4, 0.5) is 4.79 Å². The van der Waals surface area contributed by atoms with E-state index in [1.165, 1.54) is 16.2 Å². The second-order valence-electron chi connectivity index (χ2n) is 14.2. The average molecular weight is 737 g/mol. The SMILES string of the molecule is COc1cc(O[C@@H]2C[C@H]3C(=O)N[C@]4(C(=O)NS(=O)(=O)C5CC5)CC4/C=C\CCCCCNC(=O)N3C2)c2ccc(-c3nc(C(C)C)cs3)nc2c1. The number of nitrogens with one attached hydrogen (secondary N) is 3. The summed E-state index contributed by atoms with van der Waals surface area (Å²) in [7, 11) is -2.27. The molecule has 3 aromatic rings. The third-order valence-corrected chi connectivity index (χ3v) is 12.8. The Hall–Kier alpha value is -4.24. The number of urea groups is 1. The number of benzene rings is 1. The molecule has 1 unspecified atom stereocenters. The highest BCUT2D eigenvalue weighted by atomic mass is 32.2. The number of fused-ring (bicyclic) bond motifs is 3. The molecule has 1 aromatic carbocycles. The second-order valence-corrected chi connectivity index (χ2v) is 17.0. The van der Waals surface area contributed by atoms with Crippen LogP contribution >= 0.6 is 11.3 Å². The summed E-state index contributed by atoms with van der Waals surface area (Å²) in [6, 6.07) is 6.06. The number of aromatic nitrogens is 2. The standard InChI is InChI=1S/C36H44N6O7S2/c1-21(2)29-20-50-33(39-29)27-13-12-26-28(38-27)15-23(48-3)17-31(26)49-24-16-30-32(43)40-36(34(44)41-51(46,47)25-10-11-25)18-22(36)9-7-5-4-6-8-14-37-35(45)42(30)19-24/h7,9,12-13,15,17,20-22,24-25,30H,4-6,8,10-11,14,16,18-19H2,1-3H3,(H,37,45)(H,40,43)(H,41,44)/b9-7-/t22?,24-,30+,36-/m1/s1. The predicted octanol–water partition coefficient (Wildman–Crippen LogP) is 4.64. The molecule has 0 bridgehead atoms. The first kappa shape index (κ1) is 35.2. The lowest BCUT2D eigenvalue weighted by molar-refractivity contribution is -0.131. The van der Waals surface area contributed by atoms with E-state index in [0.717, 1.165) is 47.5 Å². The second kappa shape index (κ2) is 14.1. The van der Waals surface area contributed by atoms with E-state index in [-0.39, 0.29) is 25.3 Å². The maximum absolute atomic E-state index is 14.1. The first-order valence-corrected chi connectivity index (χ1v) is 20.1. The van der Waals surface area contributed by atoms with Gasteiger partial charge in [0, 0.05) is 41.8 Å². The van der Waals surface area contributed by atoms with Gasteiger partial charge in [0.05, 0.1) is 35.8 Å². The van der Waals surface area contributed by atoms with Crippen molar-refractivity contribution in [3.63, 3.8) is 0 Å². The van der Waals surface area contributed by atoms with Crippen LogP contribution in [0.15, 0.2) is 41.8 Å². The van der Waals surface area contributed by atoms with E-state index in [1.807, 2.05) is 35.7 Å². The normalized spacial score (nSPS) is 26.3. The lowest BCUT2D eigenvalue weighted by Crippen LogP contribution is -2.57. The number of hydrogen-bond donors (Lipinski definition) is 3. The van der Waals surface area contributed by atoms with Crippen molar-refractivity contribution in [2.75, 3.05) is 20.2 Å². The van der Waals surface area contributed by atoms with Crippen LogP contribution in [0, 0.1) is 5.92 Å². The van der Waals surface area contributed by atoms with Crippen LogP contribution in [-0.4, -0.2) is 84.3 Å². The van der Waals surface area contributed by atoms with E-state index < -0.39 is 50.8 Å². The molecule has 0 spiro atoms. The number of amides is 4. The molecule has 1 saturated heterocycles. The Morgan fingerprint density at radius 2 is 1.96 bits per heavy atom. The van der Waals surface area contributed by atoms with Crippen LogP contribution in [0.3, 0.4) is 0 Å². The molecule has 15 heteroatoms. The Labute approximate surface area is 301 Å². The van der Waals surface area contributed by atoms with Gasteiger partial charge >= 0.3 is 6.03 Å². The zero-order chi connectivity index (χ0) is 35.9. The van der Waals surface area contributed by atoms with E-state index in [9.17, 15) is 22.8 Å². The Morgan fingerprint density at radius 3 is 2.71 bits per heavy atom. The van der Waals surface area contributed by atoms with Crippen molar-refractivity contribution in [1.82, 2.24) is 30.2 Å². The van der Waals surface area contributed by atoms with E-state index in [0.29, 0.717) is 42.3 Å². The molecule has 4 heterocycles. The fourth-order valence-electron chi connectivity index (χ4n) is 6.80. The molecular formula is C36H44N6O7S2. The van der Waals surface area contributed by atoms with Gasteiger partial charge in [-0.25, -0.2) is 23.2 Å². The summed E-state index contributed by atoms with van der Waals surface area (Å²) >= 11 is 1.54. The topological polar surface area (TPSA) is 169 Å². The molecule has 4 amide bonds. The molecule has 13 nitrogen and oxygen atoms in total. The monoisotopic (exact) mass is 736 g/mol. The summed E-state index contributed by atoms with van der Waals surface area (Å²) in [5, 5.41) is 8.85. The van der Waals surface area contributed by atoms with Gasteiger partial charge in [0.25, 0.3) is 5.91 Å². The van der Waals surface area contributed by atoms with Gasteiger partial charge in [-0.05, 0) is 56.6 Å². The molecule has 4 aliphatic rings. The number of carbonyl (C=O) groups excluding carboxylic acids is 3. The molecule has 3 fully saturated rings. The van der Waals surface area contributed by atoms with Gasteiger partial charge in [-0.1, -0.05) is 32.4 Å². The first-order valence-electron chi connectivity index (χ1n) is 17.7. The van der Waals surface area contributed by atoms with Crippen molar-refractivity contribution >= 4 is 50.1 Å². The number of carbonyl (C=O) groups is 3. The number of pyridine rings is 1. The highest BCUT2D eigenvalue weighted by Crippen LogP contribution is 2.46. The van der Waals surface area contributed by atoms with E-state index in [2.05, 4.69) is 29.2 Å². The minimum atomic E-state index is -3.83. The molecule has 3 N–H and O–H groups in total. The molecule has 4 atom stereocenters. The predicted molar refractivity (Wildman–Crippen MR) is 193 cm³/mol. The summed E-state index contributed by atoms with van der Waals surface area (Å²) in [6.07, 6.45) is 8.09. The third-order valence-electron chi connectivity index (χ3n) is 10.1. The Bertz CT molecular complexity index is 1980. The van der Waals surface area contributed by atoms with Crippen molar-refractivity contribution in [2.24, 2.45) is 5.92 Å². The molecule has 272 valence electrons. The van der Waals surface area contributed by atoms with Crippen molar-refractivity contribution < 1.29 is 32.3 Å². The van der Waals surface area contributed by atoms with E-state index in [4.69, 9.17) is 19.4 Å². The van der Waals surface area contributed by atoms with Gasteiger partial charge in [-0.3, -0.25) is 14.3 Å². The molecular weight excluding hydrogens is 693 g/mol. The molecule has 2 saturated carbocycles. The van der Waals surface area contributed by atoms with Crippen molar-refractivity contribution in [3.8, 4) is 22.2 Å². The van der Waals surface area contributed by atoms with Crippen LogP contribution in [-0.2, 0) is 19.6 Å². The van der Waals surface area contributed by atoms with Crippen LogP contribution in [0.5, 0.6) is 11.5 Å². The van der Waals surface area contributed by atoms with Crippen molar-refractivity contribution in [3.05, 3.63) is 47.5 Å². The summed E-state index contributed by atoms with van der Waals surface area (Å²) in [6.45, 7) is 4.77.